The van der Waals surface area contributed by atoms with Gasteiger partial charge in [0, 0.05) is 18.0 Å². The summed E-state index contributed by atoms with van der Waals surface area (Å²) in [5.41, 5.74) is 1.36. The highest BCUT2D eigenvalue weighted by Gasteiger charge is 2.21. The van der Waals surface area contributed by atoms with Crippen molar-refractivity contribution in [2.75, 3.05) is 33.1 Å². The number of aromatic nitrogens is 1. The molecule has 6 nitrogen and oxygen atoms in total. The lowest BCUT2D eigenvalue weighted by molar-refractivity contribution is 0.298. The Bertz CT molecular complexity index is 716. The van der Waals surface area contributed by atoms with Gasteiger partial charge in [0.25, 0.3) is 0 Å². The van der Waals surface area contributed by atoms with Crippen LogP contribution in [0.1, 0.15) is 43.0 Å². The summed E-state index contributed by atoms with van der Waals surface area (Å²) in [6.45, 7) is 4.53. The van der Waals surface area contributed by atoms with Gasteiger partial charge in [-0.25, -0.2) is 4.98 Å². The monoisotopic (exact) mass is 328 g/mol. The second-order valence-corrected chi connectivity index (χ2v) is 6.10. The number of anilines is 1. The fourth-order valence-corrected chi connectivity index (χ4v) is 2.48. The van der Waals surface area contributed by atoms with Crippen LogP contribution in [-0.4, -0.2) is 37.6 Å². The fraction of sp³-hybridized carbons (Fsp3) is 0.444. The highest BCUT2D eigenvalue weighted by atomic mass is 16.5. The van der Waals surface area contributed by atoms with E-state index in [-0.39, 0.29) is 17.7 Å². The van der Waals surface area contributed by atoms with E-state index >= 15 is 0 Å². The minimum absolute atomic E-state index is 0.0558. The molecule has 24 heavy (non-hydrogen) atoms. The predicted octanol–water partition coefficient (Wildman–Crippen LogP) is 3.39. The average molecular weight is 328 g/mol. The highest BCUT2D eigenvalue weighted by Crippen LogP contribution is 2.29. The number of oxazole rings is 1. The first-order valence-electron chi connectivity index (χ1n) is 7.92. The third-order valence-corrected chi connectivity index (χ3v) is 3.82. The molecule has 0 amide bonds. The normalized spacial score (nSPS) is 12.2. The first-order chi connectivity index (χ1) is 11.5. The van der Waals surface area contributed by atoms with Gasteiger partial charge < -0.3 is 19.4 Å². The van der Waals surface area contributed by atoms with Crippen molar-refractivity contribution >= 4 is 5.88 Å². The Balaban J connectivity index is 2.23. The summed E-state index contributed by atoms with van der Waals surface area (Å²) in [5.74, 6) is 1.95. The molecule has 1 aromatic heterocycles. The van der Waals surface area contributed by atoms with Crippen molar-refractivity contribution < 1.29 is 9.15 Å². The largest absolute Gasteiger partial charge is 0.496 e. The zero-order valence-electron chi connectivity index (χ0n) is 14.8. The fourth-order valence-electron chi connectivity index (χ4n) is 2.48. The third-order valence-electron chi connectivity index (χ3n) is 3.82. The maximum absolute atomic E-state index is 9.24. The number of nitriles is 1. The number of benzene rings is 1. The molecule has 0 fully saturated rings. The van der Waals surface area contributed by atoms with E-state index in [1.165, 1.54) is 0 Å². The molecule has 1 N–H and O–H groups in total. The number of nitrogens with zero attached hydrogens (tertiary/aromatic N) is 3. The van der Waals surface area contributed by atoms with E-state index in [0.29, 0.717) is 18.3 Å². The van der Waals surface area contributed by atoms with E-state index in [2.05, 4.69) is 21.3 Å². The molecule has 0 saturated carbocycles. The SMILES string of the molecule is COc1ccccc1C(CNc1oc(C(C)C)nc1C#N)N(C)C. The van der Waals surface area contributed by atoms with Crippen LogP contribution in [0.25, 0.3) is 0 Å². The van der Waals surface area contributed by atoms with Crippen LogP contribution in [-0.2, 0) is 0 Å². The number of rotatable bonds is 7. The van der Waals surface area contributed by atoms with Crippen molar-refractivity contribution in [2.24, 2.45) is 0 Å². The van der Waals surface area contributed by atoms with E-state index in [0.717, 1.165) is 11.3 Å². The molecule has 0 aliphatic rings. The topological polar surface area (TPSA) is 74.3 Å². The minimum Gasteiger partial charge on any atom is -0.496 e. The highest BCUT2D eigenvalue weighted by molar-refractivity contribution is 5.46. The van der Waals surface area contributed by atoms with Crippen molar-refractivity contribution in [3.05, 3.63) is 41.4 Å². The lowest BCUT2D eigenvalue weighted by Crippen LogP contribution is -2.27. The van der Waals surface area contributed by atoms with E-state index in [4.69, 9.17) is 9.15 Å². The minimum atomic E-state index is 0.0558. The van der Waals surface area contributed by atoms with E-state index < -0.39 is 0 Å². The molecule has 6 heteroatoms. The molecule has 0 spiro atoms. The van der Waals surface area contributed by atoms with Crippen LogP contribution < -0.4 is 10.1 Å². The quantitative estimate of drug-likeness (QED) is 0.840. The van der Waals surface area contributed by atoms with Crippen molar-refractivity contribution in [3.8, 4) is 11.8 Å². The number of para-hydroxylation sites is 1. The zero-order chi connectivity index (χ0) is 17.7. The second-order valence-electron chi connectivity index (χ2n) is 6.10. The first kappa shape index (κ1) is 17.8. The molecular weight excluding hydrogens is 304 g/mol. The van der Waals surface area contributed by atoms with Gasteiger partial charge in [-0.05, 0) is 20.2 Å². The zero-order valence-corrected chi connectivity index (χ0v) is 14.8. The maximum atomic E-state index is 9.24. The van der Waals surface area contributed by atoms with E-state index in [9.17, 15) is 5.26 Å². The van der Waals surface area contributed by atoms with Gasteiger partial charge in [-0.15, -0.1) is 0 Å². The molecule has 128 valence electrons. The van der Waals surface area contributed by atoms with Crippen LogP contribution in [0.2, 0.25) is 0 Å². The smallest absolute Gasteiger partial charge is 0.232 e. The predicted molar refractivity (Wildman–Crippen MR) is 93.2 cm³/mol. The number of nitrogens with one attached hydrogen (secondary N) is 1. The number of hydrogen-bond donors (Lipinski definition) is 1. The van der Waals surface area contributed by atoms with E-state index in [1.807, 2.05) is 52.2 Å². The molecule has 0 radical (unpaired) electrons. The van der Waals surface area contributed by atoms with Crippen LogP contribution in [0.4, 0.5) is 5.88 Å². The molecule has 0 aliphatic heterocycles. The molecule has 1 unspecified atom stereocenters. The number of hydrogen-bond acceptors (Lipinski definition) is 6. The van der Waals surface area contributed by atoms with Crippen molar-refractivity contribution in [1.82, 2.24) is 9.88 Å². The van der Waals surface area contributed by atoms with Crippen molar-refractivity contribution in [2.45, 2.75) is 25.8 Å². The number of likely N-dealkylation sites (N-methyl/N-ethyl adjacent to an activating group) is 1. The number of ether oxygens (including phenoxy) is 1. The Kier molecular flexibility index (Phi) is 5.83. The summed E-state index contributed by atoms with van der Waals surface area (Å²) in [7, 11) is 5.67. The van der Waals surface area contributed by atoms with Crippen LogP contribution in [0, 0.1) is 11.3 Å². The Morgan fingerprint density at radius 3 is 2.62 bits per heavy atom. The van der Waals surface area contributed by atoms with Gasteiger partial charge in [0.05, 0.1) is 13.2 Å². The summed E-state index contributed by atoms with van der Waals surface area (Å²) in [4.78, 5) is 6.32. The Hall–Kier alpha value is -2.52. The van der Waals surface area contributed by atoms with Crippen molar-refractivity contribution in [1.29, 1.82) is 5.26 Å². The summed E-state index contributed by atoms with van der Waals surface area (Å²) in [6, 6.07) is 10.0. The first-order valence-corrected chi connectivity index (χ1v) is 7.92. The van der Waals surface area contributed by atoms with Gasteiger partial charge in [-0.3, -0.25) is 0 Å². The molecule has 1 heterocycles. The van der Waals surface area contributed by atoms with Crippen LogP contribution in [0.15, 0.2) is 28.7 Å². The van der Waals surface area contributed by atoms with Crippen LogP contribution in [0.5, 0.6) is 5.75 Å². The average Bonchev–Trinajstić information content (AvgIpc) is 2.98. The van der Waals surface area contributed by atoms with Crippen LogP contribution >= 0.6 is 0 Å². The second kappa shape index (κ2) is 7.84. The van der Waals surface area contributed by atoms with Crippen LogP contribution in [0.3, 0.4) is 0 Å². The molecule has 0 bridgehead atoms. The Morgan fingerprint density at radius 1 is 1.33 bits per heavy atom. The summed E-state index contributed by atoms with van der Waals surface area (Å²) < 4.78 is 11.2. The van der Waals surface area contributed by atoms with E-state index in [1.54, 1.807) is 7.11 Å². The molecule has 1 aromatic carbocycles. The summed E-state index contributed by atoms with van der Waals surface area (Å²) in [6.07, 6.45) is 0. The molecular formula is C18H24N4O2. The third kappa shape index (κ3) is 3.87. The maximum Gasteiger partial charge on any atom is 0.232 e. The molecule has 1 atom stereocenters. The standard InChI is InChI=1S/C18H24N4O2/c1-12(2)17-21-14(10-19)18(24-17)20-11-15(22(3)4)13-8-6-7-9-16(13)23-5/h6-9,12,15,20H,11H2,1-5H3. The molecule has 2 aromatic rings. The molecule has 0 aliphatic carbocycles. The van der Waals surface area contributed by atoms with Gasteiger partial charge in [-0.2, -0.15) is 5.26 Å². The molecule has 2 rings (SSSR count). The van der Waals surface area contributed by atoms with Gasteiger partial charge in [0.1, 0.15) is 11.8 Å². The summed E-state index contributed by atoms with van der Waals surface area (Å²) >= 11 is 0. The molecule has 0 saturated heterocycles. The van der Waals surface area contributed by atoms with Crippen molar-refractivity contribution in [3.63, 3.8) is 0 Å². The Labute approximate surface area is 143 Å². The lowest BCUT2D eigenvalue weighted by atomic mass is 10.0. The van der Waals surface area contributed by atoms with Gasteiger partial charge in [0.15, 0.2) is 0 Å². The van der Waals surface area contributed by atoms with Gasteiger partial charge >= 0.3 is 0 Å². The summed E-state index contributed by atoms with van der Waals surface area (Å²) in [5, 5.41) is 12.5. The Morgan fingerprint density at radius 2 is 2.04 bits per heavy atom. The lowest BCUT2D eigenvalue weighted by Gasteiger charge is -2.26. The van der Waals surface area contributed by atoms with Gasteiger partial charge in [0.2, 0.25) is 17.5 Å². The number of methoxy groups -OCH3 is 1. The van der Waals surface area contributed by atoms with Gasteiger partial charge in [-0.1, -0.05) is 32.0 Å².